The van der Waals surface area contributed by atoms with Crippen LogP contribution in [-0.2, 0) is 0 Å². The van der Waals surface area contributed by atoms with Gasteiger partial charge in [0.2, 0.25) is 0 Å². The minimum Gasteiger partial charge on any atom is -0.309 e. The second-order valence-corrected chi connectivity index (χ2v) is 6.70. The highest BCUT2D eigenvalue weighted by molar-refractivity contribution is 9.10. The lowest BCUT2D eigenvalue weighted by Gasteiger charge is -2.27. The largest absolute Gasteiger partial charge is 0.309 e. The van der Waals surface area contributed by atoms with Crippen molar-refractivity contribution < 1.29 is 0 Å². The van der Waals surface area contributed by atoms with Crippen molar-refractivity contribution in [2.75, 3.05) is 6.54 Å². The maximum atomic E-state index is 3.76. The zero-order valence-electron chi connectivity index (χ0n) is 11.8. The molecule has 0 fully saturated rings. The summed E-state index contributed by atoms with van der Waals surface area (Å²) in [6, 6.07) is 2.70. The molecule has 0 aliphatic carbocycles. The number of nitrogens with one attached hydrogen (secondary N) is 1. The fraction of sp³-hybridized carbons (Fsp3) is 0.733. The van der Waals surface area contributed by atoms with Gasteiger partial charge >= 0.3 is 0 Å². The number of hydrogen-bond acceptors (Lipinski definition) is 2. The molecule has 1 rings (SSSR count). The van der Waals surface area contributed by atoms with E-state index in [2.05, 4.69) is 53.5 Å². The summed E-state index contributed by atoms with van der Waals surface area (Å²) in [5, 5.41) is 5.95. The molecule has 1 N–H and O–H groups in total. The third kappa shape index (κ3) is 4.67. The standard InChI is InChI=1S/C15H26BrNS/c1-4-7-12(8-5-2)14(17-10-6-3)15-13(16)9-11-18-15/h9,11-12,14,17H,4-8,10H2,1-3H3. The van der Waals surface area contributed by atoms with Crippen molar-refractivity contribution in [3.63, 3.8) is 0 Å². The first kappa shape index (κ1) is 16.2. The van der Waals surface area contributed by atoms with Gasteiger partial charge in [-0.05, 0) is 59.1 Å². The number of thiophene rings is 1. The molecule has 0 aliphatic rings. The normalized spacial score (nSPS) is 13.2. The Balaban J connectivity index is 2.84. The van der Waals surface area contributed by atoms with E-state index in [-0.39, 0.29) is 0 Å². The number of hydrogen-bond donors (Lipinski definition) is 1. The Hall–Kier alpha value is 0.140. The van der Waals surface area contributed by atoms with E-state index >= 15 is 0 Å². The molecule has 1 aromatic heterocycles. The maximum Gasteiger partial charge on any atom is 0.0454 e. The van der Waals surface area contributed by atoms with Gasteiger partial charge in [0.05, 0.1) is 0 Å². The summed E-state index contributed by atoms with van der Waals surface area (Å²) >= 11 is 5.58. The summed E-state index contributed by atoms with van der Waals surface area (Å²) in [7, 11) is 0. The maximum absolute atomic E-state index is 3.76. The van der Waals surface area contributed by atoms with Gasteiger partial charge in [0.25, 0.3) is 0 Å². The summed E-state index contributed by atoms with van der Waals surface area (Å²) in [5.74, 6) is 0.765. The molecule has 1 aromatic rings. The van der Waals surface area contributed by atoms with E-state index in [1.165, 1.54) is 41.5 Å². The third-order valence-electron chi connectivity index (χ3n) is 3.33. The van der Waals surface area contributed by atoms with Gasteiger partial charge in [-0.25, -0.2) is 0 Å². The summed E-state index contributed by atoms with van der Waals surface area (Å²) < 4.78 is 1.28. The van der Waals surface area contributed by atoms with Gasteiger partial charge in [0, 0.05) is 15.4 Å². The van der Waals surface area contributed by atoms with Gasteiger partial charge in [-0.15, -0.1) is 11.3 Å². The summed E-state index contributed by atoms with van der Waals surface area (Å²) in [5.41, 5.74) is 0. The van der Waals surface area contributed by atoms with Crippen molar-refractivity contribution in [1.29, 1.82) is 0 Å². The van der Waals surface area contributed by atoms with Crippen LogP contribution in [0.5, 0.6) is 0 Å². The van der Waals surface area contributed by atoms with Crippen LogP contribution in [0.25, 0.3) is 0 Å². The van der Waals surface area contributed by atoms with E-state index in [4.69, 9.17) is 0 Å². The highest BCUT2D eigenvalue weighted by atomic mass is 79.9. The molecule has 0 amide bonds. The van der Waals surface area contributed by atoms with Crippen molar-refractivity contribution in [2.45, 2.75) is 58.9 Å². The zero-order valence-corrected chi connectivity index (χ0v) is 14.2. The van der Waals surface area contributed by atoms with Crippen LogP contribution in [0.4, 0.5) is 0 Å². The molecule has 0 radical (unpaired) electrons. The monoisotopic (exact) mass is 331 g/mol. The minimum absolute atomic E-state index is 0.527. The van der Waals surface area contributed by atoms with E-state index in [1.807, 2.05) is 11.3 Å². The van der Waals surface area contributed by atoms with E-state index in [0.717, 1.165) is 12.5 Å². The van der Waals surface area contributed by atoms with Crippen LogP contribution in [0.2, 0.25) is 0 Å². The molecule has 18 heavy (non-hydrogen) atoms. The van der Waals surface area contributed by atoms with Crippen molar-refractivity contribution in [2.24, 2.45) is 5.92 Å². The van der Waals surface area contributed by atoms with Gasteiger partial charge in [-0.1, -0.05) is 33.6 Å². The van der Waals surface area contributed by atoms with Gasteiger partial charge in [0.15, 0.2) is 0 Å². The zero-order chi connectivity index (χ0) is 13.4. The molecule has 1 heterocycles. The molecule has 0 aromatic carbocycles. The molecule has 0 saturated heterocycles. The lowest BCUT2D eigenvalue weighted by Crippen LogP contribution is -2.28. The first-order chi connectivity index (χ1) is 8.74. The number of halogens is 1. The van der Waals surface area contributed by atoms with Gasteiger partial charge in [0.1, 0.15) is 0 Å². The van der Waals surface area contributed by atoms with Crippen molar-refractivity contribution in [3.8, 4) is 0 Å². The highest BCUT2D eigenvalue weighted by Crippen LogP contribution is 2.37. The quantitative estimate of drug-likeness (QED) is 0.605. The van der Waals surface area contributed by atoms with E-state index < -0.39 is 0 Å². The lowest BCUT2D eigenvalue weighted by molar-refractivity contribution is 0.319. The Morgan fingerprint density at radius 2 is 1.83 bits per heavy atom. The fourth-order valence-electron chi connectivity index (χ4n) is 2.52. The van der Waals surface area contributed by atoms with Crippen LogP contribution in [0.3, 0.4) is 0 Å². The predicted molar refractivity (Wildman–Crippen MR) is 86.4 cm³/mol. The van der Waals surface area contributed by atoms with E-state index in [0.29, 0.717) is 6.04 Å². The topological polar surface area (TPSA) is 12.0 Å². The van der Waals surface area contributed by atoms with Crippen molar-refractivity contribution in [3.05, 3.63) is 20.8 Å². The second kappa shape index (κ2) is 9.11. The highest BCUT2D eigenvalue weighted by Gasteiger charge is 2.24. The molecular weight excluding hydrogens is 306 g/mol. The fourth-order valence-corrected chi connectivity index (χ4v) is 4.31. The smallest absolute Gasteiger partial charge is 0.0454 e. The molecule has 104 valence electrons. The molecule has 1 unspecified atom stereocenters. The van der Waals surface area contributed by atoms with Crippen LogP contribution in [0, 0.1) is 5.92 Å². The van der Waals surface area contributed by atoms with Gasteiger partial charge in [-0.2, -0.15) is 0 Å². The van der Waals surface area contributed by atoms with Crippen LogP contribution >= 0.6 is 27.3 Å². The summed E-state index contributed by atoms with van der Waals surface area (Å²) in [6.07, 6.45) is 6.39. The molecular formula is C15H26BrNS. The molecule has 0 bridgehead atoms. The SMILES string of the molecule is CCCNC(c1sccc1Br)C(CCC)CCC. The molecule has 0 aliphatic heterocycles. The summed E-state index contributed by atoms with van der Waals surface area (Å²) in [4.78, 5) is 1.48. The Labute approximate surface area is 125 Å². The Bertz CT molecular complexity index is 318. The van der Waals surface area contributed by atoms with Crippen molar-refractivity contribution >= 4 is 27.3 Å². The van der Waals surface area contributed by atoms with E-state index in [1.54, 1.807) is 0 Å². The predicted octanol–water partition coefficient (Wildman–Crippen LogP) is 5.77. The van der Waals surface area contributed by atoms with Crippen LogP contribution in [0.15, 0.2) is 15.9 Å². The van der Waals surface area contributed by atoms with Crippen LogP contribution < -0.4 is 5.32 Å². The number of rotatable bonds is 9. The Morgan fingerprint density at radius 3 is 2.28 bits per heavy atom. The first-order valence-electron chi connectivity index (χ1n) is 7.20. The first-order valence-corrected chi connectivity index (χ1v) is 8.88. The average molecular weight is 332 g/mol. The molecule has 0 spiro atoms. The third-order valence-corrected chi connectivity index (χ3v) is 5.29. The Kier molecular flexibility index (Phi) is 8.20. The molecule has 3 heteroatoms. The van der Waals surface area contributed by atoms with E-state index in [9.17, 15) is 0 Å². The minimum atomic E-state index is 0.527. The Morgan fingerprint density at radius 1 is 1.17 bits per heavy atom. The molecule has 1 atom stereocenters. The van der Waals surface area contributed by atoms with Gasteiger partial charge in [-0.3, -0.25) is 0 Å². The van der Waals surface area contributed by atoms with Crippen LogP contribution in [-0.4, -0.2) is 6.54 Å². The molecule has 0 saturated carbocycles. The lowest BCUT2D eigenvalue weighted by atomic mass is 9.89. The average Bonchev–Trinajstić information content (AvgIpc) is 2.77. The second-order valence-electron chi connectivity index (χ2n) is 4.90. The van der Waals surface area contributed by atoms with Crippen LogP contribution in [0.1, 0.15) is 63.8 Å². The summed E-state index contributed by atoms with van der Waals surface area (Å²) in [6.45, 7) is 7.94. The molecule has 1 nitrogen and oxygen atoms in total. The van der Waals surface area contributed by atoms with Gasteiger partial charge < -0.3 is 5.32 Å². The van der Waals surface area contributed by atoms with Crippen molar-refractivity contribution in [1.82, 2.24) is 5.32 Å².